The summed E-state index contributed by atoms with van der Waals surface area (Å²) in [5.41, 5.74) is 5.58. The van der Waals surface area contributed by atoms with Gasteiger partial charge >= 0.3 is 11.9 Å². The Bertz CT molecular complexity index is 526. The van der Waals surface area contributed by atoms with Crippen LogP contribution in [0.25, 0.3) is 0 Å². The number of hydrogen-bond donors (Lipinski definition) is 2. The first-order valence-corrected chi connectivity index (χ1v) is 9.81. The summed E-state index contributed by atoms with van der Waals surface area (Å²) < 4.78 is 29.2. The molecular formula is C15H28N2O6S. The molecule has 0 fully saturated rings. The van der Waals surface area contributed by atoms with Crippen LogP contribution in [-0.2, 0) is 29.0 Å². The van der Waals surface area contributed by atoms with Crippen LogP contribution >= 0.6 is 0 Å². The molecule has 0 aliphatic carbocycles. The first-order valence-electron chi connectivity index (χ1n) is 8.10. The number of nitrogens with two attached hydrogens (primary N) is 1. The lowest BCUT2D eigenvalue weighted by molar-refractivity contribution is -0.160. The lowest BCUT2D eigenvalue weighted by Gasteiger charge is -2.18. The smallest absolute Gasteiger partial charge is 0.331 e. The molecule has 0 aromatic carbocycles. The quantitative estimate of drug-likeness (QED) is 0.398. The van der Waals surface area contributed by atoms with E-state index >= 15 is 0 Å². The Morgan fingerprint density at radius 2 is 1.67 bits per heavy atom. The Morgan fingerprint density at radius 3 is 2.12 bits per heavy atom. The van der Waals surface area contributed by atoms with Crippen molar-refractivity contribution in [1.29, 1.82) is 0 Å². The Morgan fingerprint density at radius 1 is 1.12 bits per heavy atom. The van der Waals surface area contributed by atoms with E-state index in [0.29, 0.717) is 25.7 Å². The third-order valence-corrected chi connectivity index (χ3v) is 5.67. The van der Waals surface area contributed by atoms with E-state index < -0.39 is 38.8 Å². The second kappa shape index (κ2) is 11.1. The van der Waals surface area contributed by atoms with E-state index in [2.05, 4.69) is 10.1 Å². The normalized spacial score (nSPS) is 12.7. The number of carbonyl (C=O) groups excluding carboxylic acids is 3. The molecule has 0 saturated heterocycles. The molecule has 1 atom stereocenters. The molecule has 1 amide bonds. The third kappa shape index (κ3) is 8.97. The molecule has 9 heteroatoms. The van der Waals surface area contributed by atoms with Crippen LogP contribution in [0.2, 0.25) is 0 Å². The average Bonchev–Trinajstić information content (AvgIpc) is 2.46. The van der Waals surface area contributed by atoms with Crippen LogP contribution in [0.5, 0.6) is 0 Å². The fourth-order valence-electron chi connectivity index (χ4n) is 2.18. The van der Waals surface area contributed by atoms with E-state index in [9.17, 15) is 22.8 Å². The highest BCUT2D eigenvalue weighted by atomic mass is 32.2. The maximum atomic E-state index is 12.3. The highest BCUT2D eigenvalue weighted by Gasteiger charge is 2.30. The zero-order chi connectivity index (χ0) is 18.8. The van der Waals surface area contributed by atoms with Crippen LogP contribution in [0.15, 0.2) is 0 Å². The van der Waals surface area contributed by atoms with E-state index in [1.54, 1.807) is 0 Å². The summed E-state index contributed by atoms with van der Waals surface area (Å²) in [4.78, 5) is 33.9. The van der Waals surface area contributed by atoms with Gasteiger partial charge in [0.1, 0.15) is 6.04 Å². The molecule has 0 heterocycles. The van der Waals surface area contributed by atoms with Gasteiger partial charge in [-0.15, -0.1) is 0 Å². The number of sulfone groups is 1. The fraction of sp³-hybridized carbons (Fsp3) is 0.800. The first kappa shape index (κ1) is 22.5. The number of esters is 2. The van der Waals surface area contributed by atoms with E-state index in [1.807, 2.05) is 13.8 Å². The van der Waals surface area contributed by atoms with Crippen molar-refractivity contribution in [2.45, 2.75) is 64.2 Å². The Balaban J connectivity index is 4.56. The standard InChI is InChI=1S/C15H28N2O6S/c1-4-6-12(7-5-2)24(21,22)10-13(16)15(20)23-14(19)8-9-17-11(3)18/h12-13H,4-10,16H2,1-3H3,(H,17,18)/t13-/m1/s1. The number of rotatable bonds is 11. The maximum Gasteiger partial charge on any atom is 0.331 e. The average molecular weight is 364 g/mol. The highest BCUT2D eigenvalue weighted by Crippen LogP contribution is 2.16. The lowest BCUT2D eigenvalue weighted by Crippen LogP contribution is -2.42. The van der Waals surface area contributed by atoms with Crippen molar-refractivity contribution in [3.8, 4) is 0 Å². The van der Waals surface area contributed by atoms with Crippen molar-refractivity contribution in [1.82, 2.24) is 5.32 Å². The summed E-state index contributed by atoms with van der Waals surface area (Å²) in [5, 5.41) is 1.84. The van der Waals surface area contributed by atoms with Crippen molar-refractivity contribution in [2.75, 3.05) is 12.3 Å². The monoisotopic (exact) mass is 364 g/mol. The largest absolute Gasteiger partial charge is 0.392 e. The van der Waals surface area contributed by atoms with Crippen LogP contribution in [0, 0.1) is 0 Å². The summed E-state index contributed by atoms with van der Waals surface area (Å²) in [5.74, 6) is -2.79. The number of carbonyl (C=O) groups is 3. The second-order valence-electron chi connectivity index (χ2n) is 5.66. The third-order valence-electron chi connectivity index (χ3n) is 3.36. The number of ether oxygens (including phenoxy) is 1. The molecule has 24 heavy (non-hydrogen) atoms. The molecule has 0 spiro atoms. The van der Waals surface area contributed by atoms with Gasteiger partial charge in [-0.2, -0.15) is 0 Å². The Kier molecular flexibility index (Phi) is 10.5. The molecule has 8 nitrogen and oxygen atoms in total. The predicted octanol–water partition coefficient (Wildman–Crippen LogP) is 0.293. The molecule has 0 rings (SSSR count). The van der Waals surface area contributed by atoms with E-state index in [-0.39, 0.29) is 18.9 Å². The van der Waals surface area contributed by atoms with Crippen LogP contribution in [0.3, 0.4) is 0 Å². The van der Waals surface area contributed by atoms with Gasteiger partial charge in [-0.25, -0.2) is 13.2 Å². The van der Waals surface area contributed by atoms with Crippen molar-refractivity contribution >= 4 is 27.7 Å². The molecule has 0 aromatic rings. The lowest BCUT2D eigenvalue weighted by atomic mass is 10.2. The van der Waals surface area contributed by atoms with Gasteiger partial charge in [-0.05, 0) is 12.8 Å². The minimum Gasteiger partial charge on any atom is -0.392 e. The Labute approximate surface area is 143 Å². The zero-order valence-electron chi connectivity index (χ0n) is 14.5. The van der Waals surface area contributed by atoms with E-state index in [1.165, 1.54) is 6.92 Å². The van der Waals surface area contributed by atoms with Gasteiger partial charge in [-0.3, -0.25) is 9.59 Å². The van der Waals surface area contributed by atoms with Gasteiger partial charge in [-0.1, -0.05) is 26.7 Å². The van der Waals surface area contributed by atoms with E-state index in [0.717, 1.165) is 0 Å². The van der Waals surface area contributed by atoms with Gasteiger partial charge in [0, 0.05) is 13.5 Å². The number of hydrogen-bond acceptors (Lipinski definition) is 7. The van der Waals surface area contributed by atoms with Crippen LogP contribution < -0.4 is 11.1 Å². The van der Waals surface area contributed by atoms with Gasteiger partial charge in [0.05, 0.1) is 17.4 Å². The van der Waals surface area contributed by atoms with Crippen molar-refractivity contribution in [3.05, 3.63) is 0 Å². The van der Waals surface area contributed by atoms with Crippen LogP contribution in [0.4, 0.5) is 0 Å². The van der Waals surface area contributed by atoms with Gasteiger partial charge in [0.25, 0.3) is 0 Å². The first-order chi connectivity index (χ1) is 11.1. The minimum absolute atomic E-state index is 0.0318. The maximum absolute atomic E-state index is 12.3. The fourth-order valence-corrected chi connectivity index (χ4v) is 4.28. The molecule has 3 N–H and O–H groups in total. The summed E-state index contributed by atoms with van der Waals surface area (Å²) in [6.07, 6.45) is 2.25. The highest BCUT2D eigenvalue weighted by molar-refractivity contribution is 7.92. The van der Waals surface area contributed by atoms with E-state index in [4.69, 9.17) is 5.73 Å². The summed E-state index contributed by atoms with van der Waals surface area (Å²) in [7, 11) is -3.55. The molecule has 0 aliphatic heterocycles. The molecule has 0 saturated carbocycles. The number of amides is 1. The number of nitrogens with one attached hydrogen (secondary N) is 1. The van der Waals surface area contributed by atoms with Crippen molar-refractivity contribution in [3.63, 3.8) is 0 Å². The predicted molar refractivity (Wildman–Crippen MR) is 89.8 cm³/mol. The van der Waals surface area contributed by atoms with Crippen molar-refractivity contribution < 1.29 is 27.5 Å². The summed E-state index contributed by atoms with van der Waals surface area (Å²) in [6, 6.07) is -1.41. The zero-order valence-corrected chi connectivity index (χ0v) is 15.4. The van der Waals surface area contributed by atoms with Gasteiger partial charge in [0.15, 0.2) is 9.84 Å². The topological polar surface area (TPSA) is 133 Å². The van der Waals surface area contributed by atoms with Gasteiger partial charge < -0.3 is 15.8 Å². The van der Waals surface area contributed by atoms with Crippen LogP contribution in [0.1, 0.15) is 52.9 Å². The summed E-state index contributed by atoms with van der Waals surface area (Å²) in [6.45, 7) is 5.10. The molecule has 140 valence electrons. The molecule has 0 bridgehead atoms. The SMILES string of the molecule is CCCC(CCC)S(=O)(=O)C[C@@H](N)C(=O)OC(=O)CCNC(C)=O. The second-order valence-corrected chi connectivity index (χ2v) is 7.99. The summed E-state index contributed by atoms with van der Waals surface area (Å²) >= 11 is 0. The molecule has 0 radical (unpaired) electrons. The molecule has 0 aliphatic rings. The Hall–Kier alpha value is -1.48. The molecule has 0 aromatic heterocycles. The molecular weight excluding hydrogens is 336 g/mol. The van der Waals surface area contributed by atoms with Gasteiger partial charge in [0.2, 0.25) is 5.91 Å². The minimum atomic E-state index is -3.55. The van der Waals surface area contributed by atoms with Crippen molar-refractivity contribution in [2.24, 2.45) is 5.73 Å². The van der Waals surface area contributed by atoms with Crippen LogP contribution in [-0.4, -0.2) is 49.9 Å². The molecule has 0 unspecified atom stereocenters.